The van der Waals surface area contributed by atoms with Crippen molar-refractivity contribution in [2.45, 2.75) is 44.7 Å². The summed E-state index contributed by atoms with van der Waals surface area (Å²) in [7, 11) is 0. The molecule has 0 aliphatic carbocycles. The van der Waals surface area contributed by atoms with Gasteiger partial charge < -0.3 is 0 Å². The van der Waals surface area contributed by atoms with Crippen LogP contribution in [-0.2, 0) is 49.0 Å². The Morgan fingerprint density at radius 2 is 1.31 bits per heavy atom. The fourth-order valence-electron chi connectivity index (χ4n) is 2.54. The zero-order chi connectivity index (χ0) is 9.26. The molecule has 2 bridgehead atoms. The Kier molecular flexibility index (Phi) is 5.58. The van der Waals surface area contributed by atoms with Gasteiger partial charge in [0.1, 0.15) is 0 Å². The van der Waals surface area contributed by atoms with Crippen molar-refractivity contribution in [1.82, 2.24) is 0 Å². The maximum absolute atomic E-state index is 6.18. The standard InChI is InChI=1S/C8H12O.2BrH.2Hg/c1-3-7-5-2-6-8(4-1)9-7;;;;/h3,6-8H,1-2,4-5H2;2*1H;;/q;;;2*+1/p-2. The number of hydrogen-bond acceptors (Lipinski definition) is 1. The molecule has 2 rings (SSSR count). The number of rotatable bonds is 2. The monoisotopic (exact) mass is 686 g/mol. The first-order chi connectivity index (χ1) is 6.35. The van der Waals surface area contributed by atoms with E-state index in [4.69, 9.17) is 4.74 Å². The zero-order valence-corrected chi connectivity index (χ0v) is 21.9. The predicted octanol–water partition coefficient (Wildman–Crippen LogP) is 3.69. The van der Waals surface area contributed by atoms with E-state index in [0.717, 1.165) is 6.85 Å². The Labute approximate surface area is 115 Å². The summed E-state index contributed by atoms with van der Waals surface area (Å²) >= 11 is 6.24. The van der Waals surface area contributed by atoms with Crippen LogP contribution in [0.2, 0.25) is 6.85 Å². The van der Waals surface area contributed by atoms with Crippen LogP contribution in [0.5, 0.6) is 0 Å². The fraction of sp³-hybridized carbons (Fsp3) is 1.00. The summed E-state index contributed by atoms with van der Waals surface area (Å²) in [5, 5.41) is 0. The van der Waals surface area contributed by atoms with Crippen LogP contribution in [0.15, 0.2) is 0 Å². The summed E-state index contributed by atoms with van der Waals surface area (Å²) < 4.78 is 8.22. The molecule has 4 unspecified atom stereocenters. The SMILES string of the molecule is [Br][Hg][CH]1CCC2OC1CC[CH]2[Hg][Br]. The number of ether oxygens (including phenoxy) is 1. The van der Waals surface area contributed by atoms with Crippen LogP contribution < -0.4 is 0 Å². The molecule has 0 N–H and O–H groups in total. The van der Waals surface area contributed by atoms with E-state index in [1.165, 1.54) is 25.7 Å². The third kappa shape index (κ3) is 2.92. The van der Waals surface area contributed by atoms with E-state index in [1.807, 2.05) is 0 Å². The molecule has 2 aliphatic heterocycles. The van der Waals surface area contributed by atoms with E-state index in [9.17, 15) is 0 Å². The Morgan fingerprint density at radius 3 is 1.69 bits per heavy atom. The molecule has 0 spiro atoms. The number of hydrogen-bond donors (Lipinski definition) is 0. The molecule has 0 aromatic heterocycles. The minimum absolute atomic E-state index is 0.684. The minimum atomic E-state index is -0.693. The van der Waals surface area contributed by atoms with Crippen molar-refractivity contribution in [3.8, 4) is 0 Å². The van der Waals surface area contributed by atoms with Crippen molar-refractivity contribution >= 4 is 23.8 Å². The van der Waals surface area contributed by atoms with Gasteiger partial charge in [0, 0.05) is 0 Å². The molecule has 2 saturated heterocycles. The second-order valence-electron chi connectivity index (χ2n) is 4.20. The topological polar surface area (TPSA) is 9.23 Å². The summed E-state index contributed by atoms with van der Waals surface area (Å²) in [5.41, 5.74) is 0. The second-order valence-corrected chi connectivity index (χ2v) is 26.1. The summed E-state index contributed by atoms with van der Waals surface area (Å²) in [5.74, 6) is 0. The van der Waals surface area contributed by atoms with Gasteiger partial charge in [-0.3, -0.25) is 0 Å². The van der Waals surface area contributed by atoms with E-state index in [0.29, 0.717) is 12.2 Å². The number of fused-ring (bicyclic) bond motifs is 2. The van der Waals surface area contributed by atoms with E-state index < -0.39 is 44.3 Å². The first-order valence-electron chi connectivity index (χ1n) is 5.12. The molecule has 0 aromatic rings. The van der Waals surface area contributed by atoms with Crippen molar-refractivity contribution in [2.75, 3.05) is 0 Å². The van der Waals surface area contributed by atoms with E-state index in [-0.39, 0.29) is 0 Å². The van der Waals surface area contributed by atoms with Crippen molar-refractivity contribution in [1.29, 1.82) is 0 Å². The predicted molar refractivity (Wildman–Crippen MR) is 52.5 cm³/mol. The Morgan fingerprint density at radius 1 is 0.846 bits per heavy atom. The summed E-state index contributed by atoms with van der Waals surface area (Å²) in [4.78, 5) is 0. The van der Waals surface area contributed by atoms with Gasteiger partial charge in [0.2, 0.25) is 0 Å². The zero-order valence-electron chi connectivity index (χ0n) is 7.72. The van der Waals surface area contributed by atoms with Gasteiger partial charge in [0.15, 0.2) is 0 Å². The molecule has 1 nitrogen and oxygen atoms in total. The molecule has 0 saturated carbocycles. The normalized spacial score (nSPS) is 43.5. The average molecular weight is 685 g/mol. The second kappa shape index (κ2) is 5.92. The first-order valence-corrected chi connectivity index (χ1v) is 35.3. The van der Waals surface area contributed by atoms with Gasteiger partial charge in [0.25, 0.3) is 0 Å². The molecule has 5 heteroatoms. The fourth-order valence-corrected chi connectivity index (χ4v) is 22.8. The summed E-state index contributed by atoms with van der Waals surface area (Å²) in [6, 6.07) is 0. The molecule has 0 radical (unpaired) electrons. The van der Waals surface area contributed by atoms with Crippen molar-refractivity contribution in [3.63, 3.8) is 0 Å². The van der Waals surface area contributed by atoms with Gasteiger partial charge in [-0.2, -0.15) is 0 Å². The van der Waals surface area contributed by atoms with Crippen LogP contribution in [0.25, 0.3) is 0 Å². The Bertz CT molecular complexity index is 164. The molecule has 68 valence electrons. The molecule has 4 atom stereocenters. The molecule has 0 aromatic carbocycles. The van der Waals surface area contributed by atoms with Gasteiger partial charge in [-0.15, -0.1) is 0 Å². The van der Waals surface area contributed by atoms with E-state index in [1.54, 1.807) is 0 Å². The molecule has 2 aliphatic rings. The van der Waals surface area contributed by atoms with Gasteiger partial charge in [-0.1, -0.05) is 0 Å². The molecule has 0 amide bonds. The van der Waals surface area contributed by atoms with Crippen LogP contribution in [0.4, 0.5) is 0 Å². The van der Waals surface area contributed by atoms with Crippen molar-refractivity contribution < 1.29 is 49.0 Å². The van der Waals surface area contributed by atoms with E-state index in [2.05, 4.69) is 23.8 Å². The molecular weight excluding hydrogens is 673 g/mol. The molecule has 13 heavy (non-hydrogen) atoms. The van der Waals surface area contributed by atoms with Crippen LogP contribution in [0.1, 0.15) is 25.7 Å². The van der Waals surface area contributed by atoms with Crippen molar-refractivity contribution in [2.24, 2.45) is 0 Å². The van der Waals surface area contributed by atoms with Gasteiger partial charge in [0.05, 0.1) is 0 Å². The molecule has 2 fully saturated rings. The van der Waals surface area contributed by atoms with Crippen LogP contribution in [0, 0.1) is 0 Å². The van der Waals surface area contributed by atoms with Crippen molar-refractivity contribution in [3.05, 3.63) is 0 Å². The van der Waals surface area contributed by atoms with Crippen LogP contribution >= 0.6 is 23.8 Å². The average Bonchev–Trinajstić information content (AvgIpc) is 2.19. The quantitative estimate of drug-likeness (QED) is 0.404. The maximum atomic E-state index is 6.18. The first kappa shape index (κ1) is 12.3. The van der Waals surface area contributed by atoms with Crippen LogP contribution in [0.3, 0.4) is 0 Å². The van der Waals surface area contributed by atoms with Gasteiger partial charge >= 0.3 is 118 Å². The van der Waals surface area contributed by atoms with Gasteiger partial charge in [-0.05, 0) is 0 Å². The Hall–Kier alpha value is 2.79. The Balaban J connectivity index is 1.96. The molecule has 2 heterocycles. The van der Waals surface area contributed by atoms with E-state index >= 15 is 0 Å². The third-order valence-electron chi connectivity index (χ3n) is 3.44. The summed E-state index contributed by atoms with van der Waals surface area (Å²) in [6.45, 7) is 0. The van der Waals surface area contributed by atoms with Gasteiger partial charge in [-0.25, -0.2) is 0 Å². The third-order valence-corrected chi connectivity index (χ3v) is 28.4. The summed E-state index contributed by atoms with van der Waals surface area (Å²) in [6.07, 6.45) is 7.09. The van der Waals surface area contributed by atoms with Crippen LogP contribution in [-0.4, -0.2) is 12.2 Å². The molecular formula is C8H12Br2Hg2O. The number of halogens is 2.